The van der Waals surface area contributed by atoms with Crippen molar-refractivity contribution in [1.29, 1.82) is 0 Å². The van der Waals surface area contributed by atoms with E-state index in [1.807, 2.05) is 48.2 Å². The molecule has 13 heteroatoms. The molecule has 0 saturated heterocycles. The molecule has 2 aliphatic carbocycles. The zero-order valence-corrected chi connectivity index (χ0v) is 41.7. The number of fused-ring (bicyclic) bond motifs is 3. The van der Waals surface area contributed by atoms with Gasteiger partial charge in [0.15, 0.2) is 17.8 Å². The van der Waals surface area contributed by atoms with Gasteiger partial charge in [-0.1, -0.05) is 94.5 Å². The first-order chi connectivity index (χ1) is 34.3. The molecule has 2 N–H and O–H groups in total. The van der Waals surface area contributed by atoms with Crippen LogP contribution in [0.5, 0.6) is 34.5 Å². The van der Waals surface area contributed by atoms with Gasteiger partial charge in [-0.05, 0) is 111 Å². The van der Waals surface area contributed by atoms with Crippen LogP contribution in [0, 0.1) is 17.8 Å². The van der Waals surface area contributed by atoms with Crippen LogP contribution >= 0.6 is 0 Å². The Balaban J connectivity index is 1.36. The van der Waals surface area contributed by atoms with Crippen LogP contribution in [0.1, 0.15) is 150 Å². The van der Waals surface area contributed by atoms with Gasteiger partial charge in [0.25, 0.3) is 0 Å². The molecule has 1 amide bonds. The summed E-state index contributed by atoms with van der Waals surface area (Å²) >= 11 is 0. The molecule has 1 saturated carbocycles. The molecule has 3 aromatic rings. The predicted molar refractivity (Wildman–Crippen MR) is 270 cm³/mol. The summed E-state index contributed by atoms with van der Waals surface area (Å²) in [4.78, 5) is 35.3. The minimum Gasteiger partial charge on any atom is -0.496 e. The number of methoxy groups -OCH3 is 1. The minimum atomic E-state index is -1.42. The van der Waals surface area contributed by atoms with Crippen molar-refractivity contribution in [3.63, 3.8) is 0 Å². The zero-order chi connectivity index (χ0) is 49.3. The zero-order valence-electron chi connectivity index (χ0n) is 41.7. The normalized spacial score (nSPS) is 22.3. The van der Waals surface area contributed by atoms with Gasteiger partial charge in [0.05, 0.1) is 30.9 Å². The van der Waals surface area contributed by atoms with E-state index in [9.17, 15) is 15.0 Å². The largest absolute Gasteiger partial charge is 0.496 e. The van der Waals surface area contributed by atoms with Gasteiger partial charge >= 0.3 is 0 Å². The predicted octanol–water partition coefficient (Wildman–Crippen LogP) is 11.6. The topological polar surface area (TPSA) is 155 Å². The Hall–Kier alpha value is -5.37. The van der Waals surface area contributed by atoms with Gasteiger partial charge < -0.3 is 48.4 Å². The number of aldehydes is 1. The lowest BCUT2D eigenvalue weighted by molar-refractivity contribution is -0.258. The van der Waals surface area contributed by atoms with Crippen LogP contribution in [0.15, 0.2) is 84.1 Å². The molecular formula is C57H76N2O11. The summed E-state index contributed by atoms with van der Waals surface area (Å²) in [5.74, 6) is 1.34. The van der Waals surface area contributed by atoms with E-state index in [-0.39, 0.29) is 56.8 Å². The summed E-state index contributed by atoms with van der Waals surface area (Å²) in [5.41, 5.74) is 3.88. The molecule has 6 unspecified atom stereocenters. The molecule has 7 rings (SSSR count). The number of unbranched alkanes of at least 4 members (excludes halogenated alkanes) is 10. The Bertz CT molecular complexity index is 2260. The molecule has 1 fully saturated rings. The smallest absolute Gasteiger partial charge is 0.239 e. The number of allylic oxidation sites excluding steroid dienone is 1. The Kier molecular flexibility index (Phi) is 19.6. The molecule has 4 aliphatic rings. The van der Waals surface area contributed by atoms with E-state index in [1.165, 1.54) is 39.2 Å². The van der Waals surface area contributed by atoms with Crippen LogP contribution < -0.4 is 23.7 Å². The lowest BCUT2D eigenvalue weighted by Crippen LogP contribution is -2.70. The van der Waals surface area contributed by atoms with E-state index < -0.39 is 17.7 Å². The number of oxime groups is 1. The van der Waals surface area contributed by atoms with Crippen LogP contribution in [0.4, 0.5) is 0 Å². The van der Waals surface area contributed by atoms with Crippen molar-refractivity contribution >= 4 is 17.9 Å². The maximum absolute atomic E-state index is 15.3. The molecule has 0 aromatic heterocycles. The molecule has 70 heavy (non-hydrogen) atoms. The minimum absolute atomic E-state index is 0.00329. The fourth-order valence-electron chi connectivity index (χ4n) is 11.2. The van der Waals surface area contributed by atoms with E-state index in [2.05, 4.69) is 19.6 Å². The molecule has 0 spiro atoms. The number of hydrogen-bond donors (Lipinski definition) is 2. The summed E-state index contributed by atoms with van der Waals surface area (Å²) in [6, 6.07) is 16.2. The quantitative estimate of drug-likeness (QED) is 0.0284. The van der Waals surface area contributed by atoms with Crippen LogP contribution in [0.25, 0.3) is 0 Å². The van der Waals surface area contributed by atoms with Crippen molar-refractivity contribution in [3.05, 3.63) is 95.6 Å². The standard InChI is InChI=1S/C57H76N2O11/c1-5-8-9-10-11-12-13-14-15-22-54(63)59(37-40-23-26-51-52(32-40)66-39-65-51)53-36-48(58-68-7-3)46-34-41(20-16-18-29-60)45(21-17-19-30-61)55-47-35-44(69-43-24-27-49(64-4)42(33-43)38-62)25-28-50(47)70-57(53,56(46)55)67-31-6-2/h6,23-28,32-35,38,41,45,53,55-56,60-61H,2,5,7-22,29-31,36-37,39H2,1,3-4H3. The third-order valence-electron chi connectivity index (χ3n) is 14.5. The Labute approximate surface area is 415 Å². The van der Waals surface area contributed by atoms with Gasteiger partial charge in [-0.2, -0.15) is 0 Å². The average molecular weight is 965 g/mol. The molecule has 380 valence electrons. The molecule has 13 nitrogen and oxygen atoms in total. The van der Waals surface area contributed by atoms with Gasteiger partial charge in [-0.3, -0.25) is 9.59 Å². The van der Waals surface area contributed by atoms with E-state index in [4.69, 9.17) is 38.4 Å². The summed E-state index contributed by atoms with van der Waals surface area (Å²) in [7, 11) is 1.52. The average Bonchev–Trinajstić information content (AvgIpc) is 3.85. The molecule has 2 aliphatic heterocycles. The second-order valence-corrected chi connectivity index (χ2v) is 19.1. The van der Waals surface area contributed by atoms with Crippen molar-refractivity contribution in [2.75, 3.05) is 40.3 Å². The third-order valence-corrected chi connectivity index (χ3v) is 14.5. The summed E-state index contributed by atoms with van der Waals surface area (Å²) in [6.07, 6.45) is 20.2. The number of carbonyl (C=O) groups excluding carboxylic acids is 2. The second-order valence-electron chi connectivity index (χ2n) is 19.1. The number of aliphatic hydroxyl groups is 2. The van der Waals surface area contributed by atoms with Crippen molar-refractivity contribution in [2.24, 2.45) is 22.9 Å². The van der Waals surface area contributed by atoms with E-state index >= 15 is 4.79 Å². The molecule has 3 aromatic carbocycles. The molecule has 0 radical (unpaired) electrons. The van der Waals surface area contributed by atoms with E-state index in [0.717, 1.165) is 80.1 Å². The number of aliphatic hydroxyl groups excluding tert-OH is 2. The summed E-state index contributed by atoms with van der Waals surface area (Å²) in [5, 5.41) is 25.0. The Morgan fingerprint density at radius 3 is 2.30 bits per heavy atom. The first kappa shape index (κ1) is 52.5. The van der Waals surface area contributed by atoms with Crippen molar-refractivity contribution in [2.45, 2.75) is 147 Å². The lowest BCUT2D eigenvalue weighted by Gasteiger charge is -2.60. The molecular weight excluding hydrogens is 889 g/mol. The first-order valence-electron chi connectivity index (χ1n) is 26.0. The first-order valence-corrected chi connectivity index (χ1v) is 26.0. The number of amides is 1. The van der Waals surface area contributed by atoms with Gasteiger partial charge in [0.1, 0.15) is 35.6 Å². The number of hydrogen-bond acceptors (Lipinski definition) is 12. The van der Waals surface area contributed by atoms with Crippen molar-refractivity contribution in [3.8, 4) is 34.5 Å². The maximum atomic E-state index is 15.3. The maximum Gasteiger partial charge on any atom is 0.239 e. The highest BCUT2D eigenvalue weighted by Gasteiger charge is 2.65. The fraction of sp³-hybridized carbons (Fsp3) is 0.561. The van der Waals surface area contributed by atoms with Crippen molar-refractivity contribution < 1.29 is 53.1 Å². The van der Waals surface area contributed by atoms with Crippen LogP contribution in [0.2, 0.25) is 0 Å². The van der Waals surface area contributed by atoms with Crippen LogP contribution in [-0.2, 0) is 20.9 Å². The van der Waals surface area contributed by atoms with E-state index in [1.54, 1.807) is 24.3 Å². The highest BCUT2D eigenvalue weighted by Crippen LogP contribution is 2.62. The van der Waals surface area contributed by atoms with Crippen LogP contribution in [-0.4, -0.2) is 85.2 Å². The second kappa shape index (κ2) is 26.2. The summed E-state index contributed by atoms with van der Waals surface area (Å²) < 4.78 is 38.2. The Morgan fingerprint density at radius 2 is 1.57 bits per heavy atom. The SMILES string of the molecule is C=CCOC12Oc3ccc(Oc4ccc(OC)c(C=O)c4)cc3C3C(CCCCO)C(CCCCO)C=C(C(=NOCC)CC1N(Cc1ccc4c(c1)OCO4)C(=O)CCCCCCCCCCC)C32. The van der Waals surface area contributed by atoms with Gasteiger partial charge in [-0.15, -0.1) is 6.58 Å². The highest BCUT2D eigenvalue weighted by atomic mass is 16.7. The monoisotopic (exact) mass is 965 g/mol. The van der Waals surface area contributed by atoms with Gasteiger partial charge in [0.2, 0.25) is 18.5 Å². The molecule has 2 heterocycles. The molecule has 6 atom stereocenters. The molecule has 0 bridgehead atoms. The number of ether oxygens (including phenoxy) is 6. The van der Waals surface area contributed by atoms with E-state index in [0.29, 0.717) is 72.4 Å². The van der Waals surface area contributed by atoms with Gasteiger partial charge in [0, 0.05) is 44.1 Å². The number of carbonyl (C=O) groups is 2. The number of nitrogens with zero attached hydrogens (tertiary/aromatic N) is 2. The highest BCUT2D eigenvalue weighted by molar-refractivity contribution is 6.03. The van der Waals surface area contributed by atoms with Crippen molar-refractivity contribution in [1.82, 2.24) is 4.90 Å². The lowest BCUT2D eigenvalue weighted by atomic mass is 9.55. The fourth-order valence-corrected chi connectivity index (χ4v) is 11.2. The van der Waals surface area contributed by atoms with Crippen LogP contribution in [0.3, 0.4) is 0 Å². The number of benzene rings is 3. The Morgan fingerprint density at radius 1 is 0.857 bits per heavy atom. The third kappa shape index (κ3) is 12.4. The summed E-state index contributed by atoms with van der Waals surface area (Å²) in [6.45, 7) is 9.33. The van der Waals surface area contributed by atoms with Gasteiger partial charge in [-0.25, -0.2) is 0 Å². The number of rotatable bonds is 30.